The second-order valence-electron chi connectivity index (χ2n) is 5.68. The third kappa shape index (κ3) is 4.36. The number of hydrogen-bond acceptors (Lipinski definition) is 4. The minimum absolute atomic E-state index is 0.0846. The number of nitrogens with zero attached hydrogens (tertiary/aromatic N) is 1. The third-order valence-corrected chi connectivity index (χ3v) is 4.20. The molecule has 23 heavy (non-hydrogen) atoms. The molecule has 6 nitrogen and oxygen atoms in total. The van der Waals surface area contributed by atoms with Crippen molar-refractivity contribution in [3.63, 3.8) is 0 Å². The number of rotatable bonds is 6. The zero-order valence-corrected chi connectivity index (χ0v) is 13.7. The van der Waals surface area contributed by atoms with Gasteiger partial charge >= 0.3 is 5.97 Å². The van der Waals surface area contributed by atoms with E-state index in [9.17, 15) is 14.7 Å². The Morgan fingerprint density at radius 2 is 2.22 bits per heavy atom. The lowest BCUT2D eigenvalue weighted by Crippen LogP contribution is -2.53. The van der Waals surface area contributed by atoms with Crippen molar-refractivity contribution in [2.24, 2.45) is 5.41 Å². The van der Waals surface area contributed by atoms with Crippen molar-refractivity contribution < 1.29 is 24.2 Å². The molecular formula is C16H20ClNO5. The normalized spacial score (nSPS) is 21.0. The van der Waals surface area contributed by atoms with Gasteiger partial charge in [0.1, 0.15) is 11.2 Å². The molecule has 1 aliphatic rings. The summed E-state index contributed by atoms with van der Waals surface area (Å²) in [5.74, 6) is -0.678. The van der Waals surface area contributed by atoms with Gasteiger partial charge in [-0.1, -0.05) is 17.7 Å². The van der Waals surface area contributed by atoms with Crippen LogP contribution >= 0.6 is 11.6 Å². The number of methoxy groups -OCH3 is 1. The highest BCUT2D eigenvalue weighted by Gasteiger charge is 2.43. The number of carbonyl (C=O) groups excluding carboxylic acids is 1. The highest BCUT2D eigenvalue weighted by molar-refractivity contribution is 6.30. The monoisotopic (exact) mass is 341 g/mol. The zero-order valence-electron chi connectivity index (χ0n) is 13.0. The van der Waals surface area contributed by atoms with E-state index in [1.165, 1.54) is 12.0 Å². The van der Waals surface area contributed by atoms with E-state index in [4.69, 9.17) is 21.1 Å². The highest BCUT2D eigenvalue weighted by Crippen LogP contribution is 2.31. The number of piperidine rings is 1. The van der Waals surface area contributed by atoms with Crippen LogP contribution in [0.3, 0.4) is 0 Å². The molecule has 0 spiro atoms. The van der Waals surface area contributed by atoms with Crippen LogP contribution in [0.4, 0.5) is 0 Å². The number of hydrogen-bond donors (Lipinski definition) is 1. The maximum Gasteiger partial charge on any atom is 0.313 e. The van der Waals surface area contributed by atoms with Crippen molar-refractivity contribution in [2.45, 2.75) is 12.8 Å². The lowest BCUT2D eigenvalue weighted by atomic mass is 9.80. The van der Waals surface area contributed by atoms with Gasteiger partial charge in [-0.05, 0) is 31.0 Å². The summed E-state index contributed by atoms with van der Waals surface area (Å²) < 4.78 is 10.5. The van der Waals surface area contributed by atoms with Gasteiger partial charge in [0, 0.05) is 25.2 Å². The fourth-order valence-electron chi connectivity index (χ4n) is 2.77. The van der Waals surface area contributed by atoms with E-state index >= 15 is 0 Å². The average molecular weight is 342 g/mol. The lowest BCUT2D eigenvalue weighted by molar-refractivity contribution is -0.159. The summed E-state index contributed by atoms with van der Waals surface area (Å²) in [4.78, 5) is 25.4. The van der Waals surface area contributed by atoms with Crippen LogP contribution in [0.15, 0.2) is 24.3 Å². The van der Waals surface area contributed by atoms with Crippen LogP contribution in [-0.4, -0.2) is 55.3 Å². The summed E-state index contributed by atoms with van der Waals surface area (Å²) in [5.41, 5.74) is -1.04. The predicted octanol–water partition coefficient (Wildman–Crippen LogP) is 2.06. The van der Waals surface area contributed by atoms with Crippen LogP contribution in [0.2, 0.25) is 5.02 Å². The third-order valence-electron chi connectivity index (χ3n) is 3.96. The maximum atomic E-state index is 12.3. The summed E-state index contributed by atoms with van der Waals surface area (Å²) in [5, 5.41) is 10.0. The Morgan fingerprint density at radius 1 is 1.43 bits per heavy atom. The molecule has 1 aromatic rings. The van der Waals surface area contributed by atoms with E-state index in [2.05, 4.69) is 0 Å². The van der Waals surface area contributed by atoms with Crippen molar-refractivity contribution >= 4 is 23.5 Å². The van der Waals surface area contributed by atoms with Crippen molar-refractivity contribution in [2.75, 3.05) is 33.4 Å². The smallest absolute Gasteiger partial charge is 0.313 e. The molecule has 1 atom stereocenters. The van der Waals surface area contributed by atoms with Gasteiger partial charge in [0.05, 0.1) is 6.61 Å². The van der Waals surface area contributed by atoms with E-state index in [-0.39, 0.29) is 25.7 Å². The van der Waals surface area contributed by atoms with Gasteiger partial charge in [-0.3, -0.25) is 9.59 Å². The fourth-order valence-corrected chi connectivity index (χ4v) is 2.95. The number of carbonyl (C=O) groups is 2. The molecule has 7 heteroatoms. The minimum Gasteiger partial charge on any atom is -0.484 e. The summed E-state index contributed by atoms with van der Waals surface area (Å²) in [6, 6.07) is 6.78. The van der Waals surface area contributed by atoms with E-state index in [1.807, 2.05) is 0 Å². The molecule has 0 bridgehead atoms. The predicted molar refractivity (Wildman–Crippen MR) is 84.7 cm³/mol. The molecule has 0 saturated carbocycles. The molecule has 2 rings (SSSR count). The van der Waals surface area contributed by atoms with Gasteiger partial charge in [-0.2, -0.15) is 0 Å². The molecule has 1 aromatic carbocycles. The van der Waals surface area contributed by atoms with Gasteiger partial charge in [-0.15, -0.1) is 0 Å². The second kappa shape index (κ2) is 7.66. The minimum atomic E-state index is -1.04. The van der Waals surface area contributed by atoms with Crippen molar-refractivity contribution in [3.8, 4) is 5.75 Å². The molecule has 1 heterocycles. The molecule has 1 aliphatic heterocycles. The first kappa shape index (κ1) is 17.6. The largest absolute Gasteiger partial charge is 0.484 e. The molecule has 0 radical (unpaired) electrons. The lowest BCUT2D eigenvalue weighted by Gasteiger charge is -2.39. The number of halogens is 1. The first-order chi connectivity index (χ1) is 11.0. The summed E-state index contributed by atoms with van der Waals surface area (Å²) in [7, 11) is 1.47. The summed E-state index contributed by atoms with van der Waals surface area (Å²) in [6.45, 7) is 0.592. The number of benzene rings is 1. The SMILES string of the molecule is COCC1(C(=O)O)CCCN(C(=O)COc2cccc(Cl)c2)C1. The van der Waals surface area contributed by atoms with Crippen LogP contribution in [0, 0.1) is 5.41 Å². The number of likely N-dealkylation sites (tertiary alicyclic amines) is 1. The number of carboxylic acid groups (broad SMARTS) is 1. The average Bonchev–Trinajstić information content (AvgIpc) is 2.53. The Bertz CT molecular complexity index is 575. The quantitative estimate of drug-likeness (QED) is 0.857. The van der Waals surface area contributed by atoms with Gasteiger partial charge in [0.2, 0.25) is 0 Å². The van der Waals surface area contributed by atoms with Gasteiger partial charge in [0.15, 0.2) is 6.61 Å². The van der Waals surface area contributed by atoms with Gasteiger partial charge in [-0.25, -0.2) is 0 Å². The Morgan fingerprint density at radius 3 is 2.87 bits per heavy atom. The molecule has 1 unspecified atom stereocenters. The fraction of sp³-hybridized carbons (Fsp3) is 0.500. The number of carboxylic acids is 1. The van der Waals surface area contributed by atoms with Crippen LogP contribution in [0.25, 0.3) is 0 Å². The molecule has 1 fully saturated rings. The van der Waals surface area contributed by atoms with E-state index < -0.39 is 11.4 Å². The number of ether oxygens (including phenoxy) is 2. The van der Waals surface area contributed by atoms with Crippen molar-refractivity contribution in [1.29, 1.82) is 0 Å². The highest BCUT2D eigenvalue weighted by atomic mass is 35.5. The first-order valence-corrected chi connectivity index (χ1v) is 7.73. The second-order valence-corrected chi connectivity index (χ2v) is 6.12. The molecule has 1 amide bonds. The topological polar surface area (TPSA) is 76.1 Å². The molecule has 126 valence electrons. The number of amides is 1. The Hall–Kier alpha value is -1.79. The first-order valence-electron chi connectivity index (χ1n) is 7.35. The van der Waals surface area contributed by atoms with Gasteiger partial charge < -0.3 is 19.5 Å². The summed E-state index contributed by atoms with van der Waals surface area (Å²) in [6.07, 6.45) is 1.12. The van der Waals surface area contributed by atoms with Crippen molar-refractivity contribution in [3.05, 3.63) is 29.3 Å². The van der Waals surface area contributed by atoms with Gasteiger partial charge in [0.25, 0.3) is 5.91 Å². The van der Waals surface area contributed by atoms with E-state index in [0.717, 1.165) is 0 Å². The Balaban J connectivity index is 1.97. The standard InChI is InChI=1S/C16H20ClNO5/c1-22-11-16(15(20)21)6-3-7-18(10-16)14(19)9-23-13-5-2-4-12(17)8-13/h2,4-5,8H,3,6-7,9-11H2,1H3,(H,20,21). The van der Waals surface area contributed by atoms with Crippen LogP contribution in [0.5, 0.6) is 5.75 Å². The van der Waals surface area contributed by atoms with Crippen LogP contribution in [0.1, 0.15) is 12.8 Å². The molecular weight excluding hydrogens is 322 g/mol. The van der Waals surface area contributed by atoms with Crippen LogP contribution in [-0.2, 0) is 14.3 Å². The molecule has 0 aliphatic carbocycles. The van der Waals surface area contributed by atoms with Crippen molar-refractivity contribution in [1.82, 2.24) is 4.90 Å². The van der Waals surface area contributed by atoms with Crippen LogP contribution < -0.4 is 4.74 Å². The van der Waals surface area contributed by atoms with E-state index in [1.54, 1.807) is 24.3 Å². The number of aliphatic carboxylic acids is 1. The Labute approximate surface area is 139 Å². The van der Waals surface area contributed by atoms with E-state index in [0.29, 0.717) is 30.2 Å². The zero-order chi connectivity index (χ0) is 16.9. The molecule has 0 aromatic heterocycles. The molecule has 1 saturated heterocycles. The maximum absolute atomic E-state index is 12.3. The summed E-state index contributed by atoms with van der Waals surface area (Å²) >= 11 is 5.86. The molecule has 1 N–H and O–H groups in total. The Kier molecular flexibility index (Phi) is 5.85.